The average molecular weight is 594 g/mol. The molecule has 0 unspecified atom stereocenters. The van der Waals surface area contributed by atoms with Gasteiger partial charge in [-0.2, -0.15) is 5.10 Å². The Balaban J connectivity index is 1.13. The normalized spacial score (nSPS) is 10.9. The van der Waals surface area contributed by atoms with Gasteiger partial charge in [0.15, 0.2) is 17.3 Å². The van der Waals surface area contributed by atoms with Crippen LogP contribution in [0.15, 0.2) is 101 Å². The number of nitrogens with one attached hydrogen (secondary N) is 1. The molecule has 2 aromatic heterocycles. The van der Waals surface area contributed by atoms with Crippen LogP contribution < -0.4 is 24.4 Å². The smallest absolute Gasteiger partial charge is 0.343 e. The van der Waals surface area contributed by atoms with E-state index in [1.54, 1.807) is 61.7 Å². The Bertz CT molecular complexity index is 1770. The van der Waals surface area contributed by atoms with Crippen molar-refractivity contribution in [3.8, 4) is 28.7 Å². The highest BCUT2D eigenvalue weighted by Crippen LogP contribution is 2.29. The molecule has 0 bridgehead atoms. The van der Waals surface area contributed by atoms with Crippen molar-refractivity contribution in [2.24, 2.45) is 5.10 Å². The number of nitrogens with zero attached hydrogens (tertiary/aromatic N) is 2. The molecule has 10 heteroatoms. The van der Waals surface area contributed by atoms with Crippen LogP contribution in [0.4, 0.5) is 0 Å². The summed E-state index contributed by atoms with van der Waals surface area (Å²) in [6.07, 6.45) is 1.43. The fourth-order valence-corrected chi connectivity index (χ4v) is 4.45. The number of carbonyl (C=O) groups is 2. The predicted octanol–water partition coefficient (Wildman–Crippen LogP) is 6.27. The molecule has 5 rings (SSSR count). The fraction of sp³-hybridized carbons (Fsp3) is 0.147. The Kier molecular flexibility index (Phi) is 9.10. The summed E-state index contributed by atoms with van der Waals surface area (Å²) in [7, 11) is 3.01. The largest absolute Gasteiger partial charge is 0.497 e. The second-order valence-electron chi connectivity index (χ2n) is 9.73. The minimum atomic E-state index is -0.543. The molecule has 0 saturated heterocycles. The number of esters is 1. The van der Waals surface area contributed by atoms with E-state index in [-0.39, 0.29) is 18.1 Å². The van der Waals surface area contributed by atoms with E-state index in [1.807, 2.05) is 24.3 Å². The third-order valence-corrected chi connectivity index (χ3v) is 6.73. The molecular weight excluding hydrogens is 562 g/mol. The van der Waals surface area contributed by atoms with Crippen LogP contribution in [0.3, 0.4) is 0 Å². The van der Waals surface area contributed by atoms with E-state index in [1.165, 1.54) is 13.3 Å². The van der Waals surface area contributed by atoms with Gasteiger partial charge in [0.25, 0.3) is 0 Å². The molecule has 1 N–H and O–H groups in total. The molecule has 0 atom stereocenters. The van der Waals surface area contributed by atoms with Gasteiger partial charge in [-0.05, 0) is 110 Å². The quantitative estimate of drug-likeness (QED) is 0.0832. The molecule has 1 amide bonds. The van der Waals surface area contributed by atoms with E-state index in [4.69, 9.17) is 23.4 Å². The number of hydrogen-bond acceptors (Lipinski definition) is 8. The average Bonchev–Trinajstić information content (AvgIpc) is 3.66. The maximum atomic E-state index is 12.5. The number of methoxy groups -OCH3 is 2. The van der Waals surface area contributed by atoms with Gasteiger partial charge in [0.05, 0.1) is 26.0 Å². The standard InChI is InChI=1S/C34H31N3O7/c1-22-5-6-23(2)37(22)26-10-14-28(15-11-26)42-21-29-16-18-31(43-29)33(38)36-35-20-24-7-17-30(32(19-24)41-4)44-34(39)25-8-12-27(40-3)13-9-25/h5-20H,21H2,1-4H3,(H,36,38)/b35-20+. The monoisotopic (exact) mass is 593 g/mol. The summed E-state index contributed by atoms with van der Waals surface area (Å²) < 4.78 is 29.6. The van der Waals surface area contributed by atoms with Gasteiger partial charge in [0.2, 0.25) is 0 Å². The first-order chi connectivity index (χ1) is 21.3. The summed E-state index contributed by atoms with van der Waals surface area (Å²) >= 11 is 0. The van der Waals surface area contributed by atoms with Crippen LogP contribution in [-0.2, 0) is 6.61 Å². The number of ether oxygens (including phenoxy) is 4. The van der Waals surface area contributed by atoms with Crippen LogP contribution in [0.25, 0.3) is 5.69 Å². The van der Waals surface area contributed by atoms with E-state index >= 15 is 0 Å². The van der Waals surface area contributed by atoms with Crippen molar-refractivity contribution in [1.82, 2.24) is 9.99 Å². The molecule has 0 aliphatic heterocycles. The Morgan fingerprint density at radius 2 is 1.52 bits per heavy atom. The maximum absolute atomic E-state index is 12.5. The summed E-state index contributed by atoms with van der Waals surface area (Å²) in [5.41, 5.74) is 6.77. The Morgan fingerprint density at radius 3 is 2.20 bits per heavy atom. The van der Waals surface area contributed by atoms with Crippen LogP contribution in [0.5, 0.6) is 23.0 Å². The number of furan rings is 1. The number of carbonyl (C=O) groups excluding carboxylic acids is 2. The number of rotatable bonds is 11. The summed E-state index contributed by atoms with van der Waals surface area (Å²) in [6.45, 7) is 4.29. The first kappa shape index (κ1) is 29.7. The van der Waals surface area contributed by atoms with Gasteiger partial charge < -0.3 is 27.9 Å². The number of aryl methyl sites for hydroxylation is 2. The molecule has 0 aliphatic carbocycles. The van der Waals surface area contributed by atoms with E-state index in [2.05, 4.69) is 41.1 Å². The highest BCUT2D eigenvalue weighted by molar-refractivity contribution is 5.93. The van der Waals surface area contributed by atoms with Crippen LogP contribution in [0.1, 0.15) is 43.6 Å². The van der Waals surface area contributed by atoms with Crippen LogP contribution in [-0.4, -0.2) is 36.9 Å². The summed E-state index contributed by atoms with van der Waals surface area (Å²) in [4.78, 5) is 25.1. The molecule has 0 saturated carbocycles. The van der Waals surface area contributed by atoms with Gasteiger partial charge in [0.1, 0.15) is 23.9 Å². The van der Waals surface area contributed by atoms with E-state index in [0.717, 1.165) is 17.1 Å². The van der Waals surface area contributed by atoms with Gasteiger partial charge in [-0.15, -0.1) is 0 Å². The molecule has 0 aliphatic rings. The molecule has 10 nitrogen and oxygen atoms in total. The lowest BCUT2D eigenvalue weighted by molar-refractivity contribution is 0.0729. The highest BCUT2D eigenvalue weighted by Gasteiger charge is 2.14. The van der Waals surface area contributed by atoms with Gasteiger partial charge in [-0.25, -0.2) is 10.2 Å². The Labute approximate surface area is 254 Å². The molecule has 0 spiro atoms. The lowest BCUT2D eigenvalue weighted by Crippen LogP contribution is -2.16. The lowest BCUT2D eigenvalue weighted by atomic mass is 10.2. The summed E-state index contributed by atoms with van der Waals surface area (Å²) in [5, 5.41) is 4.00. The van der Waals surface area contributed by atoms with Gasteiger partial charge in [-0.1, -0.05) is 0 Å². The molecule has 0 fully saturated rings. The van der Waals surface area contributed by atoms with Gasteiger partial charge in [0, 0.05) is 17.1 Å². The fourth-order valence-electron chi connectivity index (χ4n) is 4.45. The first-order valence-electron chi connectivity index (χ1n) is 13.7. The Hall–Kier alpha value is -5.77. The third kappa shape index (κ3) is 6.99. The van der Waals surface area contributed by atoms with Crippen molar-refractivity contribution in [3.05, 3.63) is 125 Å². The van der Waals surface area contributed by atoms with Crippen molar-refractivity contribution in [2.75, 3.05) is 14.2 Å². The van der Waals surface area contributed by atoms with Gasteiger partial charge >= 0.3 is 11.9 Å². The van der Waals surface area contributed by atoms with E-state index in [9.17, 15) is 9.59 Å². The molecule has 0 radical (unpaired) electrons. The summed E-state index contributed by atoms with van der Waals surface area (Å²) in [5.74, 6) is 1.39. The minimum Gasteiger partial charge on any atom is -0.497 e. The molecule has 2 heterocycles. The zero-order chi connectivity index (χ0) is 31.1. The SMILES string of the molecule is COc1ccc(C(=O)Oc2ccc(/C=N/NC(=O)c3ccc(COc4ccc(-n5c(C)ccc5C)cc4)o3)cc2OC)cc1. The minimum absolute atomic E-state index is 0.0908. The van der Waals surface area contributed by atoms with Crippen molar-refractivity contribution in [2.45, 2.75) is 20.5 Å². The second-order valence-corrected chi connectivity index (χ2v) is 9.73. The van der Waals surface area contributed by atoms with E-state index < -0.39 is 11.9 Å². The Morgan fingerprint density at radius 1 is 0.818 bits per heavy atom. The zero-order valence-corrected chi connectivity index (χ0v) is 24.7. The van der Waals surface area contributed by atoms with Crippen molar-refractivity contribution in [1.29, 1.82) is 0 Å². The van der Waals surface area contributed by atoms with Crippen molar-refractivity contribution < 1.29 is 33.0 Å². The van der Waals surface area contributed by atoms with Crippen LogP contribution >= 0.6 is 0 Å². The number of aromatic nitrogens is 1. The van der Waals surface area contributed by atoms with E-state index in [0.29, 0.717) is 34.1 Å². The maximum Gasteiger partial charge on any atom is 0.343 e. The molecule has 224 valence electrons. The molecular formula is C34H31N3O7. The number of benzene rings is 3. The molecule has 5 aromatic rings. The third-order valence-electron chi connectivity index (χ3n) is 6.73. The van der Waals surface area contributed by atoms with Crippen molar-refractivity contribution in [3.63, 3.8) is 0 Å². The van der Waals surface area contributed by atoms with Crippen LogP contribution in [0, 0.1) is 13.8 Å². The topological polar surface area (TPSA) is 114 Å². The summed E-state index contributed by atoms with van der Waals surface area (Å²) in [6, 6.07) is 26.6. The number of hydrogen-bond donors (Lipinski definition) is 1. The van der Waals surface area contributed by atoms with Gasteiger partial charge in [-0.3, -0.25) is 4.79 Å². The zero-order valence-electron chi connectivity index (χ0n) is 24.7. The van der Waals surface area contributed by atoms with Crippen LogP contribution in [0.2, 0.25) is 0 Å². The predicted molar refractivity (Wildman–Crippen MR) is 164 cm³/mol. The first-order valence-corrected chi connectivity index (χ1v) is 13.7. The van der Waals surface area contributed by atoms with Crippen molar-refractivity contribution >= 4 is 18.1 Å². The second kappa shape index (κ2) is 13.5. The molecule has 3 aromatic carbocycles. The molecule has 44 heavy (non-hydrogen) atoms. The number of amides is 1. The lowest BCUT2D eigenvalue weighted by Gasteiger charge is -2.10. The highest BCUT2D eigenvalue weighted by atomic mass is 16.6. The number of hydrazone groups is 1.